The van der Waals surface area contributed by atoms with Gasteiger partial charge in [-0.15, -0.1) is 0 Å². The monoisotopic (exact) mass is 225 g/mol. The summed E-state index contributed by atoms with van der Waals surface area (Å²) in [6.07, 6.45) is 3.27. The SMILES string of the molecule is OC(CNC1CCC1)c1ccccc1Cl. The quantitative estimate of drug-likeness (QED) is 0.826. The molecule has 3 heteroatoms. The van der Waals surface area contributed by atoms with Crippen LogP contribution in [0.3, 0.4) is 0 Å². The lowest BCUT2D eigenvalue weighted by molar-refractivity contribution is 0.161. The van der Waals surface area contributed by atoms with Crippen LogP contribution in [-0.2, 0) is 0 Å². The molecule has 0 aromatic heterocycles. The van der Waals surface area contributed by atoms with Crippen molar-refractivity contribution in [2.75, 3.05) is 6.54 Å². The third-order valence-electron chi connectivity index (χ3n) is 2.97. The third-order valence-corrected chi connectivity index (χ3v) is 3.31. The molecule has 0 spiro atoms. The number of rotatable bonds is 4. The van der Waals surface area contributed by atoms with Crippen LogP contribution in [0.2, 0.25) is 5.02 Å². The topological polar surface area (TPSA) is 32.3 Å². The summed E-state index contributed by atoms with van der Waals surface area (Å²) in [4.78, 5) is 0. The van der Waals surface area contributed by atoms with Crippen molar-refractivity contribution >= 4 is 11.6 Å². The largest absolute Gasteiger partial charge is 0.387 e. The summed E-state index contributed by atoms with van der Waals surface area (Å²) in [6.45, 7) is 0.592. The standard InChI is InChI=1S/C12H16ClNO/c13-11-7-2-1-6-10(11)12(15)8-14-9-4-3-5-9/h1-2,6-7,9,12,14-15H,3-5,8H2. The first-order valence-electron chi connectivity index (χ1n) is 5.43. The van der Waals surface area contributed by atoms with Gasteiger partial charge in [-0.05, 0) is 18.9 Å². The molecule has 1 fully saturated rings. The summed E-state index contributed by atoms with van der Waals surface area (Å²) < 4.78 is 0. The fraction of sp³-hybridized carbons (Fsp3) is 0.500. The van der Waals surface area contributed by atoms with E-state index >= 15 is 0 Å². The minimum absolute atomic E-state index is 0.501. The number of nitrogens with one attached hydrogen (secondary N) is 1. The smallest absolute Gasteiger partial charge is 0.0928 e. The van der Waals surface area contributed by atoms with E-state index in [0.717, 1.165) is 5.56 Å². The molecule has 1 aliphatic carbocycles. The summed E-state index contributed by atoms with van der Waals surface area (Å²) in [7, 11) is 0. The molecule has 1 aliphatic rings. The maximum atomic E-state index is 9.92. The van der Waals surface area contributed by atoms with Gasteiger partial charge in [-0.1, -0.05) is 36.2 Å². The maximum Gasteiger partial charge on any atom is 0.0928 e. The van der Waals surface area contributed by atoms with E-state index in [1.807, 2.05) is 24.3 Å². The number of aliphatic hydroxyl groups excluding tert-OH is 1. The van der Waals surface area contributed by atoms with Crippen molar-refractivity contribution in [2.45, 2.75) is 31.4 Å². The average molecular weight is 226 g/mol. The molecule has 1 aromatic rings. The lowest BCUT2D eigenvalue weighted by Gasteiger charge is -2.27. The molecule has 0 saturated heterocycles. The zero-order valence-electron chi connectivity index (χ0n) is 8.62. The van der Waals surface area contributed by atoms with E-state index < -0.39 is 6.10 Å². The lowest BCUT2D eigenvalue weighted by Crippen LogP contribution is -2.37. The van der Waals surface area contributed by atoms with Gasteiger partial charge in [0.05, 0.1) is 6.10 Å². The Bertz CT molecular complexity index is 325. The zero-order chi connectivity index (χ0) is 10.7. The number of benzene rings is 1. The molecule has 15 heavy (non-hydrogen) atoms. The Kier molecular flexibility index (Phi) is 3.62. The lowest BCUT2D eigenvalue weighted by atomic mass is 9.93. The molecule has 0 bridgehead atoms. The molecule has 1 atom stereocenters. The second-order valence-electron chi connectivity index (χ2n) is 4.07. The Morgan fingerprint density at radius 2 is 2.13 bits per heavy atom. The summed E-state index contributed by atoms with van der Waals surface area (Å²) in [5.74, 6) is 0. The number of aliphatic hydroxyl groups is 1. The van der Waals surface area contributed by atoms with Gasteiger partial charge in [0.25, 0.3) is 0 Å². The second kappa shape index (κ2) is 4.97. The van der Waals surface area contributed by atoms with Crippen molar-refractivity contribution < 1.29 is 5.11 Å². The normalized spacial score (nSPS) is 18.5. The Hall–Kier alpha value is -0.570. The van der Waals surface area contributed by atoms with Crippen LogP contribution in [0.1, 0.15) is 30.9 Å². The Balaban J connectivity index is 1.89. The first-order chi connectivity index (χ1) is 7.27. The molecule has 2 nitrogen and oxygen atoms in total. The van der Waals surface area contributed by atoms with E-state index in [4.69, 9.17) is 11.6 Å². The highest BCUT2D eigenvalue weighted by atomic mass is 35.5. The van der Waals surface area contributed by atoms with Crippen LogP contribution in [0, 0.1) is 0 Å². The second-order valence-corrected chi connectivity index (χ2v) is 4.48. The Labute approximate surface area is 95.3 Å². The molecule has 0 radical (unpaired) electrons. The van der Waals surface area contributed by atoms with Crippen molar-refractivity contribution in [2.24, 2.45) is 0 Å². The van der Waals surface area contributed by atoms with Gasteiger partial charge >= 0.3 is 0 Å². The summed E-state index contributed by atoms with van der Waals surface area (Å²) in [5, 5.41) is 13.9. The van der Waals surface area contributed by atoms with Crippen LogP contribution in [0.15, 0.2) is 24.3 Å². The van der Waals surface area contributed by atoms with Crippen LogP contribution in [0.5, 0.6) is 0 Å². The highest BCUT2D eigenvalue weighted by molar-refractivity contribution is 6.31. The third kappa shape index (κ3) is 2.71. The van der Waals surface area contributed by atoms with Crippen LogP contribution >= 0.6 is 11.6 Å². The molecule has 2 N–H and O–H groups in total. The van der Waals surface area contributed by atoms with Gasteiger partial charge in [0, 0.05) is 23.2 Å². The number of hydrogen-bond donors (Lipinski definition) is 2. The molecule has 2 rings (SSSR count). The first-order valence-corrected chi connectivity index (χ1v) is 5.81. The highest BCUT2D eigenvalue weighted by Gasteiger charge is 2.18. The maximum absolute atomic E-state index is 9.92. The van der Waals surface area contributed by atoms with Gasteiger partial charge < -0.3 is 10.4 Å². The van der Waals surface area contributed by atoms with Gasteiger partial charge in [-0.25, -0.2) is 0 Å². The Morgan fingerprint density at radius 1 is 1.40 bits per heavy atom. The molecular formula is C12H16ClNO. The minimum atomic E-state index is -0.501. The van der Waals surface area contributed by atoms with E-state index in [0.29, 0.717) is 17.6 Å². The van der Waals surface area contributed by atoms with Crippen molar-refractivity contribution in [1.82, 2.24) is 5.32 Å². The van der Waals surface area contributed by atoms with Crippen molar-refractivity contribution in [3.05, 3.63) is 34.9 Å². The van der Waals surface area contributed by atoms with E-state index in [1.165, 1.54) is 19.3 Å². The number of hydrogen-bond acceptors (Lipinski definition) is 2. The van der Waals surface area contributed by atoms with E-state index in [2.05, 4.69) is 5.32 Å². The summed E-state index contributed by atoms with van der Waals surface area (Å²) in [5.41, 5.74) is 0.811. The van der Waals surface area contributed by atoms with E-state index in [1.54, 1.807) is 0 Å². The van der Waals surface area contributed by atoms with Crippen LogP contribution < -0.4 is 5.32 Å². The zero-order valence-corrected chi connectivity index (χ0v) is 9.37. The van der Waals surface area contributed by atoms with Crippen LogP contribution in [0.25, 0.3) is 0 Å². The predicted molar refractivity (Wildman–Crippen MR) is 62.1 cm³/mol. The summed E-state index contributed by atoms with van der Waals surface area (Å²) >= 11 is 5.99. The van der Waals surface area contributed by atoms with Crippen LogP contribution in [0.4, 0.5) is 0 Å². The molecule has 1 aromatic carbocycles. The molecule has 0 amide bonds. The van der Waals surface area contributed by atoms with Crippen molar-refractivity contribution in [1.29, 1.82) is 0 Å². The van der Waals surface area contributed by atoms with Gasteiger partial charge in [-0.2, -0.15) is 0 Å². The molecule has 1 saturated carbocycles. The van der Waals surface area contributed by atoms with Gasteiger partial charge in [-0.3, -0.25) is 0 Å². The predicted octanol–water partition coefficient (Wildman–Crippen LogP) is 2.52. The molecule has 0 aliphatic heterocycles. The summed E-state index contributed by atoms with van der Waals surface area (Å²) in [6, 6.07) is 8.05. The molecule has 0 heterocycles. The fourth-order valence-electron chi connectivity index (χ4n) is 1.75. The van der Waals surface area contributed by atoms with E-state index in [9.17, 15) is 5.11 Å². The minimum Gasteiger partial charge on any atom is -0.387 e. The molecular weight excluding hydrogens is 210 g/mol. The number of halogens is 1. The van der Waals surface area contributed by atoms with Gasteiger partial charge in [0.1, 0.15) is 0 Å². The van der Waals surface area contributed by atoms with Gasteiger partial charge in [0.15, 0.2) is 0 Å². The van der Waals surface area contributed by atoms with E-state index in [-0.39, 0.29) is 0 Å². The highest BCUT2D eigenvalue weighted by Crippen LogP contribution is 2.23. The van der Waals surface area contributed by atoms with Crippen LogP contribution in [-0.4, -0.2) is 17.7 Å². The molecule has 82 valence electrons. The average Bonchev–Trinajstić information content (AvgIpc) is 2.16. The van der Waals surface area contributed by atoms with Crippen molar-refractivity contribution in [3.63, 3.8) is 0 Å². The van der Waals surface area contributed by atoms with Gasteiger partial charge in [0.2, 0.25) is 0 Å². The first kappa shape index (κ1) is 10.9. The molecule has 1 unspecified atom stereocenters. The van der Waals surface area contributed by atoms with Crippen molar-refractivity contribution in [3.8, 4) is 0 Å². The Morgan fingerprint density at radius 3 is 2.73 bits per heavy atom. The fourth-order valence-corrected chi connectivity index (χ4v) is 2.01.